The lowest BCUT2D eigenvalue weighted by Crippen LogP contribution is -2.35. The largest absolute Gasteiger partial charge is 0.493 e. The van der Waals surface area contributed by atoms with Crippen molar-refractivity contribution >= 4 is 5.91 Å². The van der Waals surface area contributed by atoms with Gasteiger partial charge in [-0.25, -0.2) is 0 Å². The Labute approximate surface area is 132 Å². The van der Waals surface area contributed by atoms with Crippen molar-refractivity contribution < 1.29 is 9.53 Å². The number of hydrogen-bond acceptors (Lipinski definition) is 3. The Morgan fingerprint density at radius 1 is 1.23 bits per heavy atom. The molecule has 1 N–H and O–H groups in total. The van der Waals surface area contributed by atoms with Crippen LogP contribution in [0.2, 0.25) is 0 Å². The highest BCUT2D eigenvalue weighted by Crippen LogP contribution is 2.19. The maximum Gasteiger partial charge on any atom is 0.253 e. The summed E-state index contributed by atoms with van der Waals surface area (Å²) in [5.74, 6) is 1.54. The molecular weight excluding hydrogens is 276 g/mol. The van der Waals surface area contributed by atoms with Crippen molar-refractivity contribution in [2.24, 2.45) is 5.92 Å². The van der Waals surface area contributed by atoms with Crippen molar-refractivity contribution in [1.82, 2.24) is 10.2 Å². The number of nitrogens with zero attached hydrogens (tertiary/aromatic N) is 1. The molecule has 4 nitrogen and oxygen atoms in total. The third-order valence-electron chi connectivity index (χ3n) is 4.61. The lowest BCUT2D eigenvalue weighted by Gasteiger charge is -2.27. The highest BCUT2D eigenvalue weighted by atomic mass is 16.5. The molecule has 1 aromatic carbocycles. The van der Waals surface area contributed by atoms with Crippen molar-refractivity contribution in [2.75, 3.05) is 32.8 Å². The molecule has 2 aliphatic heterocycles. The molecule has 4 heteroatoms. The maximum atomic E-state index is 12.5. The molecular formula is C18H26N2O2. The summed E-state index contributed by atoms with van der Waals surface area (Å²) in [5, 5.41) is 3.40. The van der Waals surface area contributed by atoms with Crippen LogP contribution in [0.1, 0.15) is 42.5 Å². The number of benzene rings is 1. The summed E-state index contributed by atoms with van der Waals surface area (Å²) in [6.45, 7) is 4.66. The monoisotopic (exact) mass is 302 g/mol. The summed E-state index contributed by atoms with van der Waals surface area (Å²) in [6, 6.07) is 7.66. The van der Waals surface area contributed by atoms with Crippen LogP contribution in [0.15, 0.2) is 24.3 Å². The van der Waals surface area contributed by atoms with E-state index in [4.69, 9.17) is 4.74 Å². The number of likely N-dealkylation sites (tertiary alicyclic amines) is 1. The van der Waals surface area contributed by atoms with Crippen LogP contribution in [0, 0.1) is 5.92 Å². The second kappa shape index (κ2) is 7.63. The molecule has 1 atom stereocenters. The first-order valence-electron chi connectivity index (χ1n) is 8.56. The summed E-state index contributed by atoms with van der Waals surface area (Å²) >= 11 is 0. The molecule has 2 saturated heterocycles. The molecule has 0 spiro atoms. The highest BCUT2D eigenvalue weighted by molar-refractivity contribution is 5.94. The van der Waals surface area contributed by atoms with Gasteiger partial charge in [0.15, 0.2) is 0 Å². The number of ether oxygens (including phenoxy) is 1. The molecule has 120 valence electrons. The van der Waals surface area contributed by atoms with Gasteiger partial charge in [0.05, 0.1) is 6.61 Å². The number of carbonyl (C=O) groups is 1. The number of amides is 1. The molecule has 1 aromatic rings. The van der Waals surface area contributed by atoms with Crippen LogP contribution in [-0.4, -0.2) is 43.6 Å². The average molecular weight is 302 g/mol. The minimum atomic E-state index is 0.143. The standard InChI is InChI=1S/C18H26N2O2/c21-18(20-10-2-1-3-11-20)16-7-4-8-17(12-16)22-14-15-6-5-9-19-13-15/h4,7-8,12,15,19H,1-3,5-6,9-11,13-14H2. The summed E-state index contributed by atoms with van der Waals surface area (Å²) in [6.07, 6.45) is 5.93. The summed E-state index contributed by atoms with van der Waals surface area (Å²) in [4.78, 5) is 14.5. The Morgan fingerprint density at radius 2 is 2.09 bits per heavy atom. The van der Waals surface area contributed by atoms with Crippen LogP contribution in [0.3, 0.4) is 0 Å². The number of piperidine rings is 2. The quantitative estimate of drug-likeness (QED) is 0.930. The van der Waals surface area contributed by atoms with E-state index in [9.17, 15) is 4.79 Å². The summed E-state index contributed by atoms with van der Waals surface area (Å²) < 4.78 is 5.91. The molecule has 2 fully saturated rings. The zero-order chi connectivity index (χ0) is 15.2. The second-order valence-electron chi connectivity index (χ2n) is 6.40. The van der Waals surface area contributed by atoms with Gasteiger partial charge in [0.1, 0.15) is 5.75 Å². The molecule has 2 heterocycles. The minimum Gasteiger partial charge on any atom is -0.493 e. The van der Waals surface area contributed by atoms with E-state index in [0.717, 1.165) is 56.9 Å². The van der Waals surface area contributed by atoms with E-state index in [-0.39, 0.29) is 5.91 Å². The van der Waals surface area contributed by atoms with Gasteiger partial charge in [-0.15, -0.1) is 0 Å². The van der Waals surface area contributed by atoms with E-state index >= 15 is 0 Å². The molecule has 3 rings (SSSR count). The molecule has 2 aliphatic rings. The van der Waals surface area contributed by atoms with Gasteiger partial charge >= 0.3 is 0 Å². The molecule has 0 aliphatic carbocycles. The van der Waals surface area contributed by atoms with Crippen molar-refractivity contribution in [2.45, 2.75) is 32.1 Å². The van der Waals surface area contributed by atoms with Crippen LogP contribution < -0.4 is 10.1 Å². The van der Waals surface area contributed by atoms with Crippen LogP contribution in [0.4, 0.5) is 0 Å². The molecule has 1 amide bonds. The topological polar surface area (TPSA) is 41.6 Å². The van der Waals surface area contributed by atoms with Gasteiger partial charge in [-0.2, -0.15) is 0 Å². The maximum absolute atomic E-state index is 12.5. The fraction of sp³-hybridized carbons (Fsp3) is 0.611. The van der Waals surface area contributed by atoms with Crippen LogP contribution in [0.5, 0.6) is 5.75 Å². The van der Waals surface area contributed by atoms with Gasteiger partial charge < -0.3 is 15.0 Å². The highest BCUT2D eigenvalue weighted by Gasteiger charge is 2.19. The number of carbonyl (C=O) groups excluding carboxylic acids is 1. The van der Waals surface area contributed by atoms with Crippen molar-refractivity contribution in [3.8, 4) is 5.75 Å². The van der Waals surface area contributed by atoms with E-state index in [1.165, 1.54) is 19.3 Å². The molecule has 0 bridgehead atoms. The van der Waals surface area contributed by atoms with E-state index in [1.807, 2.05) is 29.2 Å². The zero-order valence-electron chi connectivity index (χ0n) is 13.2. The van der Waals surface area contributed by atoms with Crippen molar-refractivity contribution in [3.63, 3.8) is 0 Å². The van der Waals surface area contributed by atoms with E-state index in [1.54, 1.807) is 0 Å². The Kier molecular flexibility index (Phi) is 5.33. The summed E-state index contributed by atoms with van der Waals surface area (Å²) in [7, 11) is 0. The first-order valence-corrected chi connectivity index (χ1v) is 8.56. The zero-order valence-corrected chi connectivity index (χ0v) is 13.2. The first-order chi connectivity index (χ1) is 10.8. The predicted octanol–water partition coefficient (Wildman–Crippen LogP) is 2.69. The smallest absolute Gasteiger partial charge is 0.253 e. The van der Waals surface area contributed by atoms with Gasteiger partial charge in [0.25, 0.3) is 5.91 Å². The van der Waals surface area contributed by atoms with Gasteiger partial charge in [0, 0.05) is 31.1 Å². The molecule has 0 radical (unpaired) electrons. The SMILES string of the molecule is O=C(c1cccc(OCC2CCCNC2)c1)N1CCCCC1. The molecule has 1 unspecified atom stereocenters. The van der Waals surface area contributed by atoms with Crippen molar-refractivity contribution in [3.05, 3.63) is 29.8 Å². The Bertz CT molecular complexity index is 492. The number of rotatable bonds is 4. The van der Waals surface area contributed by atoms with E-state index in [2.05, 4.69) is 5.32 Å². The Balaban J connectivity index is 1.58. The fourth-order valence-corrected chi connectivity index (χ4v) is 3.28. The van der Waals surface area contributed by atoms with Crippen molar-refractivity contribution in [1.29, 1.82) is 0 Å². The third kappa shape index (κ3) is 4.01. The second-order valence-corrected chi connectivity index (χ2v) is 6.40. The van der Waals surface area contributed by atoms with Crippen LogP contribution >= 0.6 is 0 Å². The van der Waals surface area contributed by atoms with Gasteiger partial charge in [-0.05, 0) is 56.8 Å². The lowest BCUT2D eigenvalue weighted by molar-refractivity contribution is 0.0723. The first kappa shape index (κ1) is 15.3. The van der Waals surface area contributed by atoms with Gasteiger partial charge in [0.2, 0.25) is 0 Å². The van der Waals surface area contributed by atoms with Crippen LogP contribution in [0.25, 0.3) is 0 Å². The Morgan fingerprint density at radius 3 is 2.86 bits per heavy atom. The fourth-order valence-electron chi connectivity index (χ4n) is 3.28. The van der Waals surface area contributed by atoms with E-state index in [0.29, 0.717) is 5.92 Å². The molecule has 0 aromatic heterocycles. The Hall–Kier alpha value is -1.55. The average Bonchev–Trinajstić information content (AvgIpc) is 2.61. The number of hydrogen-bond donors (Lipinski definition) is 1. The van der Waals surface area contributed by atoms with Gasteiger partial charge in [-0.1, -0.05) is 6.07 Å². The predicted molar refractivity (Wildman–Crippen MR) is 87.3 cm³/mol. The van der Waals surface area contributed by atoms with Crippen LogP contribution in [-0.2, 0) is 0 Å². The normalized spacial score (nSPS) is 22.4. The minimum absolute atomic E-state index is 0.143. The van der Waals surface area contributed by atoms with E-state index < -0.39 is 0 Å². The van der Waals surface area contributed by atoms with Gasteiger partial charge in [-0.3, -0.25) is 4.79 Å². The molecule has 22 heavy (non-hydrogen) atoms. The summed E-state index contributed by atoms with van der Waals surface area (Å²) in [5.41, 5.74) is 0.751. The number of nitrogens with one attached hydrogen (secondary N) is 1. The third-order valence-corrected chi connectivity index (χ3v) is 4.61. The molecule has 0 saturated carbocycles. The lowest BCUT2D eigenvalue weighted by atomic mass is 10.0.